The molecule has 0 saturated heterocycles. The van der Waals surface area contributed by atoms with Crippen molar-refractivity contribution in [1.82, 2.24) is 4.98 Å². The van der Waals surface area contributed by atoms with E-state index in [2.05, 4.69) is 25.8 Å². The van der Waals surface area contributed by atoms with Crippen LogP contribution in [0.15, 0.2) is 0 Å². The molecule has 0 radical (unpaired) electrons. The van der Waals surface area contributed by atoms with Crippen molar-refractivity contribution in [2.75, 3.05) is 0 Å². The zero-order valence-electron chi connectivity index (χ0n) is 9.84. The molecule has 0 aliphatic heterocycles. The SMILES string of the molecule is Cc1nc(C(C)(N)C2CCCC2)sc1C. The summed E-state index contributed by atoms with van der Waals surface area (Å²) in [6, 6.07) is 0. The van der Waals surface area contributed by atoms with Crippen LogP contribution >= 0.6 is 11.3 Å². The highest BCUT2D eigenvalue weighted by atomic mass is 32.1. The van der Waals surface area contributed by atoms with Gasteiger partial charge in [0, 0.05) is 4.88 Å². The standard InChI is InChI=1S/C12H20N2S/c1-8-9(2)15-11(14-8)12(3,13)10-6-4-5-7-10/h10H,4-7,13H2,1-3H3. The summed E-state index contributed by atoms with van der Waals surface area (Å²) in [6.45, 7) is 6.35. The largest absolute Gasteiger partial charge is 0.319 e. The molecule has 1 unspecified atom stereocenters. The van der Waals surface area contributed by atoms with Crippen molar-refractivity contribution in [3.8, 4) is 0 Å². The van der Waals surface area contributed by atoms with Gasteiger partial charge in [-0.2, -0.15) is 0 Å². The minimum absolute atomic E-state index is 0.208. The zero-order valence-corrected chi connectivity index (χ0v) is 10.7. The van der Waals surface area contributed by atoms with Crippen molar-refractivity contribution in [2.24, 2.45) is 11.7 Å². The number of thiazole rings is 1. The van der Waals surface area contributed by atoms with E-state index >= 15 is 0 Å². The highest BCUT2D eigenvalue weighted by molar-refractivity contribution is 7.11. The van der Waals surface area contributed by atoms with Crippen LogP contribution in [-0.2, 0) is 5.54 Å². The first-order valence-corrected chi connectivity index (χ1v) is 6.57. The van der Waals surface area contributed by atoms with Gasteiger partial charge >= 0.3 is 0 Å². The van der Waals surface area contributed by atoms with Crippen LogP contribution in [0.2, 0.25) is 0 Å². The minimum atomic E-state index is -0.208. The normalized spacial score (nSPS) is 21.9. The molecule has 2 rings (SSSR count). The summed E-state index contributed by atoms with van der Waals surface area (Å²) in [7, 11) is 0. The summed E-state index contributed by atoms with van der Waals surface area (Å²) < 4.78 is 0. The summed E-state index contributed by atoms with van der Waals surface area (Å²) >= 11 is 1.77. The molecule has 1 heterocycles. The molecule has 1 aromatic rings. The van der Waals surface area contributed by atoms with Gasteiger partial charge in [-0.1, -0.05) is 12.8 Å². The molecule has 0 spiro atoms. The van der Waals surface area contributed by atoms with E-state index in [0.29, 0.717) is 5.92 Å². The van der Waals surface area contributed by atoms with Crippen LogP contribution in [0.25, 0.3) is 0 Å². The molecule has 3 heteroatoms. The number of rotatable bonds is 2. The number of hydrogen-bond acceptors (Lipinski definition) is 3. The first kappa shape index (κ1) is 11.1. The van der Waals surface area contributed by atoms with Crippen LogP contribution in [0.4, 0.5) is 0 Å². The van der Waals surface area contributed by atoms with Gasteiger partial charge in [0.15, 0.2) is 0 Å². The maximum Gasteiger partial charge on any atom is 0.113 e. The average Bonchev–Trinajstić information content (AvgIpc) is 2.77. The van der Waals surface area contributed by atoms with Crippen LogP contribution in [0, 0.1) is 19.8 Å². The molecule has 0 bridgehead atoms. The Morgan fingerprint density at radius 3 is 2.40 bits per heavy atom. The van der Waals surface area contributed by atoms with Crippen LogP contribution < -0.4 is 5.73 Å². The molecule has 0 aromatic carbocycles. The average molecular weight is 224 g/mol. The Kier molecular flexibility index (Phi) is 2.86. The van der Waals surface area contributed by atoms with E-state index in [9.17, 15) is 0 Å². The summed E-state index contributed by atoms with van der Waals surface area (Å²) in [6.07, 6.45) is 5.21. The van der Waals surface area contributed by atoms with Crippen molar-refractivity contribution in [2.45, 2.75) is 52.0 Å². The molecule has 2 N–H and O–H groups in total. The number of hydrogen-bond donors (Lipinski definition) is 1. The molecule has 1 fully saturated rings. The number of aryl methyl sites for hydroxylation is 2. The van der Waals surface area contributed by atoms with Crippen molar-refractivity contribution < 1.29 is 0 Å². The minimum Gasteiger partial charge on any atom is -0.319 e. The number of nitrogens with two attached hydrogens (primary N) is 1. The fourth-order valence-corrected chi connectivity index (χ4v) is 3.46. The quantitative estimate of drug-likeness (QED) is 0.838. The Morgan fingerprint density at radius 2 is 1.93 bits per heavy atom. The van der Waals surface area contributed by atoms with E-state index < -0.39 is 0 Å². The highest BCUT2D eigenvalue weighted by Gasteiger charge is 2.36. The summed E-state index contributed by atoms with van der Waals surface area (Å²) in [5, 5.41) is 1.13. The van der Waals surface area contributed by atoms with Crippen LogP contribution in [0.5, 0.6) is 0 Å². The monoisotopic (exact) mass is 224 g/mol. The summed E-state index contributed by atoms with van der Waals surface area (Å²) in [5.74, 6) is 0.627. The smallest absolute Gasteiger partial charge is 0.113 e. The molecule has 1 atom stereocenters. The maximum atomic E-state index is 6.47. The highest BCUT2D eigenvalue weighted by Crippen LogP contribution is 2.40. The van der Waals surface area contributed by atoms with Gasteiger partial charge in [0.25, 0.3) is 0 Å². The lowest BCUT2D eigenvalue weighted by molar-refractivity contribution is 0.305. The van der Waals surface area contributed by atoms with Gasteiger partial charge in [0.1, 0.15) is 5.01 Å². The second-order valence-corrected chi connectivity index (χ2v) is 6.13. The summed E-state index contributed by atoms with van der Waals surface area (Å²) in [5.41, 5.74) is 7.41. The summed E-state index contributed by atoms with van der Waals surface area (Å²) in [4.78, 5) is 5.93. The van der Waals surface area contributed by atoms with Gasteiger partial charge in [-0.05, 0) is 39.5 Å². The third-order valence-electron chi connectivity index (χ3n) is 3.69. The topological polar surface area (TPSA) is 38.9 Å². The molecule has 1 aromatic heterocycles. The van der Waals surface area contributed by atoms with Gasteiger partial charge < -0.3 is 5.73 Å². The predicted molar refractivity (Wildman–Crippen MR) is 65.1 cm³/mol. The molecule has 1 aliphatic rings. The molecular weight excluding hydrogens is 204 g/mol. The van der Waals surface area contributed by atoms with Crippen LogP contribution in [-0.4, -0.2) is 4.98 Å². The lowest BCUT2D eigenvalue weighted by Crippen LogP contribution is -2.40. The molecule has 0 amide bonds. The van der Waals surface area contributed by atoms with Crippen molar-refractivity contribution in [3.05, 3.63) is 15.6 Å². The van der Waals surface area contributed by atoms with E-state index in [0.717, 1.165) is 10.7 Å². The Hall–Kier alpha value is -0.410. The number of nitrogens with zero attached hydrogens (tertiary/aromatic N) is 1. The van der Waals surface area contributed by atoms with E-state index in [4.69, 9.17) is 5.73 Å². The van der Waals surface area contributed by atoms with Gasteiger partial charge in [-0.3, -0.25) is 0 Å². The van der Waals surface area contributed by atoms with Crippen molar-refractivity contribution >= 4 is 11.3 Å². The van der Waals surface area contributed by atoms with E-state index in [1.807, 2.05) is 0 Å². The molecule has 2 nitrogen and oxygen atoms in total. The first-order chi connectivity index (χ1) is 7.01. The fraction of sp³-hybridized carbons (Fsp3) is 0.750. The predicted octanol–water partition coefficient (Wildman–Crippen LogP) is 3.12. The van der Waals surface area contributed by atoms with E-state index in [1.54, 1.807) is 11.3 Å². The second kappa shape index (κ2) is 3.87. The van der Waals surface area contributed by atoms with Gasteiger partial charge in [0.05, 0.1) is 11.2 Å². The molecule has 1 aliphatic carbocycles. The first-order valence-electron chi connectivity index (χ1n) is 5.75. The Labute approximate surface area is 95.9 Å². The van der Waals surface area contributed by atoms with E-state index in [1.165, 1.54) is 30.6 Å². The second-order valence-electron chi connectivity index (χ2n) is 4.92. The lowest BCUT2D eigenvalue weighted by atomic mass is 9.86. The maximum absolute atomic E-state index is 6.47. The third-order valence-corrected chi connectivity index (χ3v) is 5.02. The number of aromatic nitrogens is 1. The zero-order chi connectivity index (χ0) is 11.1. The molecule has 1 saturated carbocycles. The van der Waals surface area contributed by atoms with Crippen LogP contribution in [0.3, 0.4) is 0 Å². The molecule has 15 heavy (non-hydrogen) atoms. The van der Waals surface area contributed by atoms with E-state index in [-0.39, 0.29) is 5.54 Å². The Bertz CT molecular complexity index is 329. The molecule has 84 valence electrons. The molecular formula is C12H20N2S. The third kappa shape index (κ3) is 1.95. The Balaban J connectivity index is 2.27. The fourth-order valence-electron chi connectivity index (χ4n) is 2.40. The van der Waals surface area contributed by atoms with Gasteiger partial charge in [0.2, 0.25) is 0 Å². The van der Waals surface area contributed by atoms with Crippen molar-refractivity contribution in [3.63, 3.8) is 0 Å². The van der Waals surface area contributed by atoms with Gasteiger partial charge in [-0.15, -0.1) is 11.3 Å². The van der Waals surface area contributed by atoms with Crippen LogP contribution in [0.1, 0.15) is 48.2 Å². The Morgan fingerprint density at radius 1 is 1.33 bits per heavy atom. The lowest BCUT2D eigenvalue weighted by Gasteiger charge is -2.29. The van der Waals surface area contributed by atoms with Gasteiger partial charge in [-0.25, -0.2) is 4.98 Å². The van der Waals surface area contributed by atoms with Crippen molar-refractivity contribution in [1.29, 1.82) is 0 Å².